The molecule has 1 heterocycles. The van der Waals surface area contributed by atoms with Gasteiger partial charge in [-0.1, -0.05) is 97.1 Å². The SMILES string of the molecule is Cc1c(-c2ccccc2)ccc(-c2nnncc2-c2ccccc2-c2ccccc2)c1C. The molecule has 0 spiro atoms. The maximum Gasteiger partial charge on any atom is 0.104 e. The van der Waals surface area contributed by atoms with Crippen molar-refractivity contribution in [3.8, 4) is 44.6 Å². The standard InChI is InChI=1S/C29H23N3/c1-20-21(2)25(18-17-24(20)22-11-5-3-6-12-22)29-28(19-30-32-31-29)27-16-10-9-15-26(27)23-13-7-4-8-14-23/h3-19H,1-2H3. The van der Waals surface area contributed by atoms with Crippen molar-refractivity contribution in [3.05, 3.63) is 114 Å². The Bertz CT molecular complexity index is 1380. The molecule has 0 unspecified atom stereocenters. The van der Waals surface area contributed by atoms with Crippen molar-refractivity contribution in [1.29, 1.82) is 0 Å². The van der Waals surface area contributed by atoms with E-state index in [1.807, 2.05) is 18.3 Å². The number of rotatable bonds is 4. The molecule has 0 aliphatic carbocycles. The zero-order valence-corrected chi connectivity index (χ0v) is 18.2. The van der Waals surface area contributed by atoms with E-state index in [-0.39, 0.29) is 0 Å². The molecular weight excluding hydrogens is 390 g/mol. The van der Waals surface area contributed by atoms with E-state index in [0.29, 0.717) is 0 Å². The summed E-state index contributed by atoms with van der Waals surface area (Å²) >= 11 is 0. The van der Waals surface area contributed by atoms with Crippen molar-refractivity contribution in [2.75, 3.05) is 0 Å². The van der Waals surface area contributed by atoms with E-state index in [2.05, 4.69) is 114 Å². The summed E-state index contributed by atoms with van der Waals surface area (Å²) in [5.41, 5.74) is 11.2. The fraction of sp³-hybridized carbons (Fsp3) is 0.0690. The first kappa shape index (κ1) is 19.8. The maximum absolute atomic E-state index is 4.50. The lowest BCUT2D eigenvalue weighted by Crippen LogP contribution is -1.99. The summed E-state index contributed by atoms with van der Waals surface area (Å²) in [6.07, 6.45) is 1.82. The van der Waals surface area contributed by atoms with Crippen molar-refractivity contribution in [1.82, 2.24) is 15.4 Å². The Morgan fingerprint density at radius 2 is 1.00 bits per heavy atom. The summed E-state index contributed by atoms with van der Waals surface area (Å²) in [7, 11) is 0. The van der Waals surface area contributed by atoms with Crippen LogP contribution < -0.4 is 0 Å². The van der Waals surface area contributed by atoms with E-state index in [1.54, 1.807) is 0 Å². The molecule has 0 aliphatic rings. The molecule has 154 valence electrons. The smallest absolute Gasteiger partial charge is 0.104 e. The molecule has 0 amide bonds. The van der Waals surface area contributed by atoms with Gasteiger partial charge in [0.05, 0.1) is 6.20 Å². The van der Waals surface area contributed by atoms with E-state index in [9.17, 15) is 0 Å². The Kier molecular flexibility index (Phi) is 5.30. The van der Waals surface area contributed by atoms with Gasteiger partial charge in [0, 0.05) is 11.1 Å². The minimum Gasteiger partial charge on any atom is -0.138 e. The van der Waals surface area contributed by atoms with Crippen LogP contribution in [-0.4, -0.2) is 15.4 Å². The normalized spacial score (nSPS) is 10.8. The minimum absolute atomic E-state index is 0.851. The fourth-order valence-electron chi connectivity index (χ4n) is 4.26. The maximum atomic E-state index is 4.50. The molecule has 32 heavy (non-hydrogen) atoms. The minimum atomic E-state index is 0.851. The van der Waals surface area contributed by atoms with Crippen LogP contribution in [0.2, 0.25) is 0 Å². The predicted octanol–water partition coefficient (Wildman–Crippen LogP) is 7.16. The average Bonchev–Trinajstić information content (AvgIpc) is 2.87. The highest BCUT2D eigenvalue weighted by molar-refractivity contribution is 5.91. The lowest BCUT2D eigenvalue weighted by atomic mass is 9.89. The molecule has 0 aliphatic heterocycles. The number of aromatic nitrogens is 3. The Hall–Kier alpha value is -4.11. The van der Waals surface area contributed by atoms with Crippen LogP contribution >= 0.6 is 0 Å². The van der Waals surface area contributed by atoms with Gasteiger partial charge < -0.3 is 0 Å². The number of nitrogens with zero attached hydrogens (tertiary/aromatic N) is 3. The second-order valence-electron chi connectivity index (χ2n) is 7.88. The van der Waals surface area contributed by atoms with Gasteiger partial charge >= 0.3 is 0 Å². The quantitative estimate of drug-likeness (QED) is 0.314. The molecule has 5 aromatic rings. The van der Waals surface area contributed by atoms with Gasteiger partial charge in [-0.15, -0.1) is 10.2 Å². The molecule has 0 atom stereocenters. The van der Waals surface area contributed by atoms with Gasteiger partial charge in [-0.25, -0.2) is 0 Å². The Balaban J connectivity index is 1.68. The summed E-state index contributed by atoms with van der Waals surface area (Å²) in [6, 6.07) is 33.6. The van der Waals surface area contributed by atoms with Crippen LogP contribution in [0.1, 0.15) is 11.1 Å². The van der Waals surface area contributed by atoms with Crippen LogP contribution in [-0.2, 0) is 0 Å². The topological polar surface area (TPSA) is 38.7 Å². The third-order valence-corrected chi connectivity index (χ3v) is 6.07. The van der Waals surface area contributed by atoms with Crippen molar-refractivity contribution >= 4 is 0 Å². The van der Waals surface area contributed by atoms with E-state index < -0.39 is 0 Å². The average molecular weight is 414 g/mol. The second-order valence-corrected chi connectivity index (χ2v) is 7.88. The Labute approximate surface area is 188 Å². The van der Waals surface area contributed by atoms with Crippen LogP contribution in [0.3, 0.4) is 0 Å². The van der Waals surface area contributed by atoms with Gasteiger partial charge in [0.2, 0.25) is 0 Å². The number of hydrogen-bond donors (Lipinski definition) is 0. The molecule has 3 nitrogen and oxygen atoms in total. The predicted molar refractivity (Wildman–Crippen MR) is 131 cm³/mol. The summed E-state index contributed by atoms with van der Waals surface area (Å²) in [5.74, 6) is 0. The first-order valence-corrected chi connectivity index (χ1v) is 10.7. The number of hydrogen-bond acceptors (Lipinski definition) is 3. The van der Waals surface area contributed by atoms with Gasteiger partial charge in [-0.2, -0.15) is 0 Å². The molecule has 3 heteroatoms. The molecule has 0 bridgehead atoms. The van der Waals surface area contributed by atoms with E-state index in [0.717, 1.165) is 33.5 Å². The third-order valence-electron chi connectivity index (χ3n) is 6.07. The zero-order chi connectivity index (χ0) is 21.9. The van der Waals surface area contributed by atoms with Gasteiger partial charge in [0.15, 0.2) is 0 Å². The van der Waals surface area contributed by atoms with Crippen LogP contribution in [0.4, 0.5) is 0 Å². The lowest BCUT2D eigenvalue weighted by molar-refractivity contribution is 0.872. The molecule has 5 rings (SSSR count). The van der Waals surface area contributed by atoms with E-state index >= 15 is 0 Å². The van der Waals surface area contributed by atoms with Gasteiger partial charge in [-0.3, -0.25) is 0 Å². The van der Waals surface area contributed by atoms with E-state index in [4.69, 9.17) is 0 Å². The summed E-state index contributed by atoms with van der Waals surface area (Å²) in [4.78, 5) is 0. The summed E-state index contributed by atoms with van der Waals surface area (Å²) in [5, 5.41) is 12.6. The highest BCUT2D eigenvalue weighted by Gasteiger charge is 2.17. The first-order valence-electron chi connectivity index (χ1n) is 10.7. The van der Waals surface area contributed by atoms with Crippen molar-refractivity contribution in [2.24, 2.45) is 0 Å². The molecule has 0 saturated heterocycles. The largest absolute Gasteiger partial charge is 0.138 e. The van der Waals surface area contributed by atoms with Crippen LogP contribution in [0, 0.1) is 13.8 Å². The Morgan fingerprint density at radius 3 is 1.69 bits per heavy atom. The van der Waals surface area contributed by atoms with Gasteiger partial charge in [-0.05, 0) is 58.0 Å². The first-order chi connectivity index (χ1) is 15.7. The second kappa shape index (κ2) is 8.56. The molecule has 1 aromatic heterocycles. The van der Waals surface area contributed by atoms with Crippen LogP contribution in [0.15, 0.2) is 103 Å². The lowest BCUT2D eigenvalue weighted by Gasteiger charge is -2.16. The van der Waals surface area contributed by atoms with Gasteiger partial charge in [0.1, 0.15) is 5.69 Å². The van der Waals surface area contributed by atoms with Crippen molar-refractivity contribution < 1.29 is 0 Å². The summed E-state index contributed by atoms with van der Waals surface area (Å²) < 4.78 is 0. The Morgan fingerprint density at radius 1 is 0.469 bits per heavy atom. The monoisotopic (exact) mass is 413 g/mol. The van der Waals surface area contributed by atoms with Crippen LogP contribution in [0.5, 0.6) is 0 Å². The molecule has 0 fully saturated rings. The fourth-order valence-corrected chi connectivity index (χ4v) is 4.26. The zero-order valence-electron chi connectivity index (χ0n) is 18.2. The molecule has 0 radical (unpaired) electrons. The van der Waals surface area contributed by atoms with Crippen LogP contribution in [0.25, 0.3) is 44.6 Å². The number of benzene rings is 4. The molecule has 4 aromatic carbocycles. The summed E-state index contributed by atoms with van der Waals surface area (Å²) in [6.45, 7) is 4.33. The van der Waals surface area contributed by atoms with Crippen molar-refractivity contribution in [2.45, 2.75) is 13.8 Å². The van der Waals surface area contributed by atoms with Crippen molar-refractivity contribution in [3.63, 3.8) is 0 Å². The van der Waals surface area contributed by atoms with E-state index in [1.165, 1.54) is 22.3 Å². The highest BCUT2D eigenvalue weighted by Crippen LogP contribution is 2.39. The molecule has 0 N–H and O–H groups in total. The highest BCUT2D eigenvalue weighted by atomic mass is 15.3. The molecule has 0 saturated carbocycles. The molecular formula is C29H23N3. The third kappa shape index (κ3) is 3.58. The van der Waals surface area contributed by atoms with Gasteiger partial charge in [0.25, 0.3) is 0 Å².